The zero-order chi connectivity index (χ0) is 9.26. The summed E-state index contributed by atoms with van der Waals surface area (Å²) in [6.07, 6.45) is 4.99. The Kier molecular flexibility index (Phi) is 1.75. The number of nitrogens with one attached hydrogen (secondary N) is 1. The summed E-state index contributed by atoms with van der Waals surface area (Å²) < 4.78 is 0. The van der Waals surface area contributed by atoms with E-state index in [4.69, 9.17) is 0 Å². The Morgan fingerprint density at radius 2 is 2.38 bits per heavy atom. The number of hydrogen-bond acceptors (Lipinski definition) is 3. The van der Waals surface area contributed by atoms with Crippen LogP contribution in [-0.2, 0) is 4.79 Å². The summed E-state index contributed by atoms with van der Waals surface area (Å²) in [6.45, 7) is 1.91. The first-order valence-corrected chi connectivity index (χ1v) is 4.00. The summed E-state index contributed by atoms with van der Waals surface area (Å²) in [5.74, 6) is 5.39. The van der Waals surface area contributed by atoms with Crippen LogP contribution in [0.1, 0.15) is 6.92 Å². The molecule has 2 aliphatic rings. The van der Waals surface area contributed by atoms with Crippen LogP contribution in [0, 0.1) is 17.8 Å². The van der Waals surface area contributed by atoms with E-state index in [9.17, 15) is 4.79 Å². The third-order valence-corrected chi connectivity index (χ3v) is 1.91. The Bertz CT molecular complexity index is 404. The average Bonchev–Trinajstić information content (AvgIpc) is 2.30. The predicted molar refractivity (Wildman–Crippen MR) is 49.7 cm³/mol. The van der Waals surface area contributed by atoms with E-state index in [2.05, 4.69) is 22.4 Å². The fourth-order valence-corrected chi connectivity index (χ4v) is 1.19. The summed E-state index contributed by atoms with van der Waals surface area (Å²) in [5.41, 5.74) is 4.49. The minimum Gasteiger partial charge on any atom is -0.291 e. The molecule has 0 saturated heterocycles. The van der Waals surface area contributed by atoms with Crippen molar-refractivity contribution < 1.29 is 4.79 Å². The number of carbonyl (C=O) groups excluding carboxylic acids is 1. The Morgan fingerprint density at radius 3 is 3.23 bits per heavy atom. The van der Waals surface area contributed by atoms with E-state index in [0.717, 1.165) is 11.3 Å². The number of fused-ring (bicyclic) bond motifs is 1. The summed E-state index contributed by atoms with van der Waals surface area (Å²) in [6, 6.07) is 0. The van der Waals surface area contributed by atoms with Crippen LogP contribution >= 0.6 is 0 Å². The summed E-state index contributed by atoms with van der Waals surface area (Å²) >= 11 is 0. The normalized spacial score (nSPS) is 24.4. The number of hydrogen-bond donors (Lipinski definition) is 1. The van der Waals surface area contributed by atoms with Gasteiger partial charge in [0.1, 0.15) is 5.92 Å². The number of rotatable bonds is 0. The van der Waals surface area contributed by atoms with Crippen molar-refractivity contribution in [1.82, 2.24) is 5.43 Å². The van der Waals surface area contributed by atoms with Gasteiger partial charge in [0.15, 0.2) is 5.78 Å². The van der Waals surface area contributed by atoms with E-state index < -0.39 is 0 Å². The molecule has 64 valence electrons. The van der Waals surface area contributed by atoms with Gasteiger partial charge in [-0.2, -0.15) is 5.10 Å². The zero-order valence-electron chi connectivity index (χ0n) is 7.16. The lowest BCUT2D eigenvalue weighted by molar-refractivity contribution is -0.114. The highest BCUT2D eigenvalue weighted by Gasteiger charge is 2.22. The molecule has 3 heteroatoms. The first-order chi connectivity index (χ1) is 6.27. The van der Waals surface area contributed by atoms with Crippen molar-refractivity contribution in [3.63, 3.8) is 0 Å². The lowest BCUT2D eigenvalue weighted by Crippen LogP contribution is -2.28. The van der Waals surface area contributed by atoms with Gasteiger partial charge in [0.05, 0.1) is 11.9 Å². The van der Waals surface area contributed by atoms with Crippen molar-refractivity contribution >= 4 is 12.0 Å². The molecule has 0 aromatic rings. The summed E-state index contributed by atoms with van der Waals surface area (Å²) in [7, 11) is 0. The Labute approximate surface area is 76.2 Å². The van der Waals surface area contributed by atoms with Gasteiger partial charge in [0.2, 0.25) is 0 Å². The molecule has 0 aromatic carbocycles. The number of Topliss-reactive ketones (excluding diaryl/α,β-unsaturated/α-hetero) is 1. The minimum absolute atomic E-state index is 0.0550. The second-order valence-corrected chi connectivity index (χ2v) is 2.95. The maximum absolute atomic E-state index is 11.3. The molecular weight excluding hydrogens is 164 g/mol. The smallest absolute Gasteiger partial charge is 0.196 e. The molecule has 1 atom stereocenters. The first kappa shape index (κ1) is 7.81. The number of hydrazone groups is 1. The van der Waals surface area contributed by atoms with Crippen LogP contribution in [0.2, 0.25) is 0 Å². The van der Waals surface area contributed by atoms with E-state index in [0.29, 0.717) is 0 Å². The molecule has 0 saturated carbocycles. The third-order valence-electron chi connectivity index (χ3n) is 1.91. The highest BCUT2D eigenvalue weighted by molar-refractivity contribution is 6.30. The standard InChI is InChI=1S/C10H8N2O/c1-7-2-4-8-9(5-3-7)12-11-6-10(8)13/h3,5-6,8,12H,1H3. The van der Waals surface area contributed by atoms with E-state index in [-0.39, 0.29) is 11.7 Å². The monoisotopic (exact) mass is 172 g/mol. The molecule has 1 N–H and O–H groups in total. The Morgan fingerprint density at radius 1 is 1.54 bits per heavy atom. The molecule has 1 aliphatic carbocycles. The number of ketones is 1. The van der Waals surface area contributed by atoms with E-state index in [1.807, 2.05) is 19.1 Å². The quantitative estimate of drug-likeness (QED) is 0.544. The molecule has 0 bridgehead atoms. The second-order valence-electron chi connectivity index (χ2n) is 2.95. The SMILES string of the molecule is CC1=CC=C2NN=CC(=O)C2C#C1. The molecule has 2 rings (SSSR count). The Hall–Kier alpha value is -1.82. The van der Waals surface area contributed by atoms with Gasteiger partial charge in [-0.05, 0) is 24.6 Å². The van der Waals surface area contributed by atoms with Gasteiger partial charge in [0.25, 0.3) is 0 Å². The third kappa shape index (κ3) is 1.38. The van der Waals surface area contributed by atoms with Gasteiger partial charge in [-0.25, -0.2) is 0 Å². The van der Waals surface area contributed by atoms with Crippen LogP contribution in [0.25, 0.3) is 0 Å². The maximum atomic E-state index is 11.3. The van der Waals surface area contributed by atoms with Crippen molar-refractivity contribution in [3.8, 4) is 11.8 Å². The van der Waals surface area contributed by atoms with Gasteiger partial charge >= 0.3 is 0 Å². The van der Waals surface area contributed by atoms with Crippen molar-refractivity contribution in [2.45, 2.75) is 6.92 Å². The minimum atomic E-state index is -0.355. The highest BCUT2D eigenvalue weighted by Crippen LogP contribution is 2.14. The molecule has 13 heavy (non-hydrogen) atoms. The molecule has 1 unspecified atom stereocenters. The lowest BCUT2D eigenvalue weighted by atomic mass is 10.0. The molecule has 0 radical (unpaired) electrons. The molecular formula is C10H8N2O. The fraction of sp³-hybridized carbons (Fsp3) is 0.200. The largest absolute Gasteiger partial charge is 0.291 e. The summed E-state index contributed by atoms with van der Waals surface area (Å²) in [5, 5.41) is 3.72. The number of nitrogens with zero attached hydrogens (tertiary/aromatic N) is 1. The molecule has 1 aliphatic heterocycles. The van der Waals surface area contributed by atoms with E-state index in [1.54, 1.807) is 0 Å². The van der Waals surface area contributed by atoms with Gasteiger partial charge in [-0.1, -0.05) is 11.8 Å². The Balaban J connectivity index is 2.44. The molecule has 0 fully saturated rings. The predicted octanol–water partition coefficient (Wildman–Crippen LogP) is 0.608. The maximum Gasteiger partial charge on any atom is 0.196 e. The highest BCUT2D eigenvalue weighted by atomic mass is 16.1. The van der Waals surface area contributed by atoms with Crippen LogP contribution in [-0.4, -0.2) is 12.0 Å². The molecule has 0 spiro atoms. The zero-order valence-corrected chi connectivity index (χ0v) is 7.16. The van der Waals surface area contributed by atoms with Gasteiger partial charge in [-0.3, -0.25) is 10.2 Å². The van der Waals surface area contributed by atoms with Crippen LogP contribution in [0.3, 0.4) is 0 Å². The van der Waals surface area contributed by atoms with Crippen molar-refractivity contribution in [2.75, 3.05) is 0 Å². The van der Waals surface area contributed by atoms with Gasteiger partial charge < -0.3 is 0 Å². The van der Waals surface area contributed by atoms with Gasteiger partial charge in [-0.15, -0.1) is 0 Å². The van der Waals surface area contributed by atoms with Gasteiger partial charge in [0, 0.05) is 0 Å². The average molecular weight is 172 g/mol. The van der Waals surface area contributed by atoms with E-state index >= 15 is 0 Å². The number of allylic oxidation sites excluding steroid dienone is 4. The first-order valence-electron chi connectivity index (χ1n) is 4.00. The van der Waals surface area contributed by atoms with Crippen molar-refractivity contribution in [1.29, 1.82) is 0 Å². The van der Waals surface area contributed by atoms with E-state index in [1.165, 1.54) is 6.21 Å². The number of carbonyl (C=O) groups is 1. The topological polar surface area (TPSA) is 41.5 Å². The van der Waals surface area contributed by atoms with Crippen LogP contribution in [0.5, 0.6) is 0 Å². The van der Waals surface area contributed by atoms with Crippen molar-refractivity contribution in [2.24, 2.45) is 11.0 Å². The second kappa shape index (κ2) is 2.91. The lowest BCUT2D eigenvalue weighted by Gasteiger charge is -2.14. The van der Waals surface area contributed by atoms with Crippen LogP contribution in [0.4, 0.5) is 0 Å². The molecule has 1 heterocycles. The van der Waals surface area contributed by atoms with Crippen LogP contribution < -0.4 is 5.43 Å². The molecule has 0 amide bonds. The van der Waals surface area contributed by atoms with Crippen LogP contribution in [0.15, 0.2) is 28.5 Å². The molecule has 3 nitrogen and oxygen atoms in total. The fourth-order valence-electron chi connectivity index (χ4n) is 1.19. The van der Waals surface area contributed by atoms with Crippen molar-refractivity contribution in [3.05, 3.63) is 23.4 Å². The molecule has 0 aromatic heterocycles. The summed E-state index contributed by atoms with van der Waals surface area (Å²) in [4.78, 5) is 11.3.